The van der Waals surface area contributed by atoms with E-state index in [1.807, 2.05) is 67.6 Å². The number of piperazine rings is 1. The SMILES string of the molecule is CO[C@@H]1C[C@H](/C=C(\C)[C@H]2OC(=O)[C@@H]3CCCCN3C(=O)C(=O)[C@]3(O)O[C@H]([C@@H](O)C[C@@H](C)C/C(C)=C/[C@@H](CCCC(=O)N4CCN(Cc5ccc(-c6cnc7[nH]cc(-c8cccc(Cl)c8)c7c6)cc5)CC4)C(=O)C[C@H](O)[C@H]2C)[C@@H](C=O)C[C@H]3C)CC[C@H]1O. The number of aldehydes is 1. The van der Waals surface area contributed by atoms with Crippen LogP contribution in [0.3, 0.4) is 0 Å². The normalized spacial score (nSPS) is 32.2. The highest BCUT2D eigenvalue weighted by Crippen LogP contribution is 2.41. The summed E-state index contributed by atoms with van der Waals surface area (Å²) in [6.45, 7) is 12.0. The Morgan fingerprint density at radius 2 is 1.64 bits per heavy atom. The number of carbonyl (C=O) groups excluding carboxylic acids is 6. The number of ketones is 2. The number of hydrogen-bond donors (Lipinski definition) is 5. The molecule has 9 rings (SSSR count). The molecule has 2 aromatic carbocycles. The maximum atomic E-state index is 14.7. The molecule has 87 heavy (non-hydrogen) atoms. The van der Waals surface area contributed by atoms with E-state index in [9.17, 15) is 49.2 Å². The number of pyridine rings is 1. The number of allylic oxidation sites excluding steroid dienone is 3. The predicted octanol–water partition coefficient (Wildman–Crippen LogP) is 8.59. The maximum Gasteiger partial charge on any atom is 0.329 e. The van der Waals surface area contributed by atoms with Crippen molar-refractivity contribution >= 4 is 58.3 Å². The summed E-state index contributed by atoms with van der Waals surface area (Å²) >= 11 is 6.32. The van der Waals surface area contributed by atoms with Gasteiger partial charge < -0.3 is 54.2 Å². The first kappa shape index (κ1) is 65.5. The Morgan fingerprint density at radius 1 is 0.885 bits per heavy atom. The number of nitrogens with zero attached hydrogens (tertiary/aromatic N) is 4. The molecule has 0 radical (unpaired) electrons. The molecule has 6 heterocycles. The molecule has 4 aliphatic heterocycles. The summed E-state index contributed by atoms with van der Waals surface area (Å²) in [4.78, 5) is 97.7. The number of aliphatic hydroxyl groups excluding tert-OH is 3. The van der Waals surface area contributed by atoms with Gasteiger partial charge in [0.15, 0.2) is 0 Å². The summed E-state index contributed by atoms with van der Waals surface area (Å²) < 4.78 is 18.0. The zero-order valence-corrected chi connectivity index (χ0v) is 51.9. The van der Waals surface area contributed by atoms with E-state index in [-0.39, 0.29) is 62.2 Å². The molecule has 14 atom stereocenters. The summed E-state index contributed by atoms with van der Waals surface area (Å²) in [5.41, 5.74) is 7.45. The van der Waals surface area contributed by atoms with Crippen LogP contribution in [0.5, 0.6) is 0 Å². The van der Waals surface area contributed by atoms with E-state index in [2.05, 4.69) is 40.2 Å². The molecule has 1 saturated carbocycles. The number of rotatable bonds is 12. The Morgan fingerprint density at radius 3 is 2.37 bits per heavy atom. The van der Waals surface area contributed by atoms with E-state index in [0.717, 1.165) is 55.9 Å². The molecular weight excluding hydrogens is 1130 g/mol. The molecule has 19 heteroatoms. The van der Waals surface area contributed by atoms with Crippen molar-refractivity contribution in [2.75, 3.05) is 39.8 Å². The van der Waals surface area contributed by atoms with Gasteiger partial charge in [-0.1, -0.05) is 86.5 Å². The van der Waals surface area contributed by atoms with Crippen LogP contribution >= 0.6 is 11.6 Å². The first-order chi connectivity index (χ1) is 41.6. The van der Waals surface area contributed by atoms with Gasteiger partial charge in [-0.2, -0.15) is 0 Å². The number of H-pyrrole nitrogens is 1. The zero-order chi connectivity index (χ0) is 62.3. The zero-order valence-electron chi connectivity index (χ0n) is 51.2. The van der Waals surface area contributed by atoms with Crippen LogP contribution in [0.2, 0.25) is 5.02 Å². The van der Waals surface area contributed by atoms with Gasteiger partial charge in [0.25, 0.3) is 11.7 Å². The van der Waals surface area contributed by atoms with Crippen LogP contribution in [-0.4, -0.2) is 169 Å². The van der Waals surface area contributed by atoms with Gasteiger partial charge in [-0.05, 0) is 137 Å². The smallest absolute Gasteiger partial charge is 0.329 e. The molecule has 2 bridgehead atoms. The number of aliphatic hydroxyl groups is 4. The van der Waals surface area contributed by atoms with Crippen LogP contribution in [-0.2, 0) is 49.5 Å². The fourth-order valence-corrected chi connectivity index (χ4v) is 14.2. The van der Waals surface area contributed by atoms with Crippen LogP contribution < -0.4 is 0 Å². The van der Waals surface area contributed by atoms with Crippen molar-refractivity contribution in [2.24, 2.45) is 35.5 Å². The lowest BCUT2D eigenvalue weighted by molar-refractivity contribution is -0.286. The molecule has 5 aliphatic rings. The Labute approximate surface area is 515 Å². The minimum absolute atomic E-state index is 0.00174. The van der Waals surface area contributed by atoms with E-state index in [0.29, 0.717) is 94.4 Å². The van der Waals surface area contributed by atoms with Crippen LogP contribution in [0, 0.1) is 35.5 Å². The first-order valence-corrected chi connectivity index (χ1v) is 31.7. The number of cyclic esters (lactones) is 1. The molecule has 5 N–H and O–H groups in total. The summed E-state index contributed by atoms with van der Waals surface area (Å²) in [5, 5.41) is 48.2. The molecule has 0 unspecified atom stereocenters. The van der Waals surface area contributed by atoms with E-state index in [1.165, 1.54) is 6.92 Å². The van der Waals surface area contributed by atoms with Gasteiger partial charge in [-0.15, -0.1) is 0 Å². The number of halogens is 1. The fraction of sp³-hybridized carbons (Fsp3) is 0.574. The van der Waals surface area contributed by atoms with Gasteiger partial charge in [0.1, 0.15) is 29.9 Å². The molecular formula is C68H88ClN5O13. The highest BCUT2D eigenvalue weighted by atomic mass is 35.5. The van der Waals surface area contributed by atoms with E-state index >= 15 is 0 Å². The third-order valence-corrected chi connectivity index (χ3v) is 19.4. The van der Waals surface area contributed by atoms with Crippen molar-refractivity contribution in [1.29, 1.82) is 0 Å². The number of hydrogen-bond acceptors (Lipinski definition) is 15. The number of methoxy groups -OCH3 is 1. The predicted molar refractivity (Wildman–Crippen MR) is 329 cm³/mol. The van der Waals surface area contributed by atoms with E-state index in [4.69, 9.17) is 30.8 Å². The van der Waals surface area contributed by atoms with Gasteiger partial charge in [-0.25, -0.2) is 9.78 Å². The lowest BCUT2D eigenvalue weighted by Crippen LogP contribution is -2.63. The molecule has 2 amide bonds. The van der Waals surface area contributed by atoms with E-state index < -0.39 is 89.8 Å². The Bertz CT molecular complexity index is 3160. The number of ether oxygens (including phenoxy) is 3. The van der Waals surface area contributed by atoms with E-state index in [1.54, 1.807) is 21.0 Å². The van der Waals surface area contributed by atoms with Gasteiger partial charge in [-0.3, -0.25) is 24.1 Å². The Hall–Kier alpha value is -5.96. The number of esters is 1. The second-order valence-corrected chi connectivity index (χ2v) is 26.1. The molecule has 18 nitrogen and oxygen atoms in total. The minimum atomic E-state index is -2.72. The van der Waals surface area contributed by atoms with Crippen molar-refractivity contribution in [3.8, 4) is 22.3 Å². The van der Waals surface area contributed by atoms with Crippen molar-refractivity contribution < 1.29 is 63.4 Å². The highest BCUT2D eigenvalue weighted by Gasteiger charge is 2.56. The number of fused-ring (bicyclic) bond motifs is 4. The molecule has 1 aliphatic carbocycles. The number of Topliss-reactive ketones (excluding diaryl/α,β-unsaturated/α-hetero) is 2. The van der Waals surface area contributed by atoms with Crippen molar-refractivity contribution in [1.82, 2.24) is 24.7 Å². The highest BCUT2D eigenvalue weighted by molar-refractivity contribution is 6.39. The van der Waals surface area contributed by atoms with Crippen molar-refractivity contribution in [3.63, 3.8) is 0 Å². The molecule has 4 fully saturated rings. The monoisotopic (exact) mass is 1220 g/mol. The lowest BCUT2D eigenvalue weighted by Gasteiger charge is -2.45. The third kappa shape index (κ3) is 15.6. The fourth-order valence-electron chi connectivity index (χ4n) is 14.0. The second-order valence-electron chi connectivity index (χ2n) is 25.6. The molecule has 470 valence electrons. The molecule has 4 aromatic rings. The molecule has 3 saturated heterocycles. The summed E-state index contributed by atoms with van der Waals surface area (Å²) in [6.07, 6.45) is 5.89. The van der Waals surface area contributed by atoms with Gasteiger partial charge in [0.2, 0.25) is 11.7 Å². The Kier molecular flexibility index (Phi) is 21.9. The summed E-state index contributed by atoms with van der Waals surface area (Å²) in [5.74, 6) is -10.1. The summed E-state index contributed by atoms with van der Waals surface area (Å²) in [7, 11) is 1.54. The largest absolute Gasteiger partial charge is 0.456 e. The minimum Gasteiger partial charge on any atom is -0.456 e. The number of nitrogens with one attached hydrogen (secondary N) is 1. The lowest BCUT2D eigenvalue weighted by atomic mass is 9.78. The molecule has 0 spiro atoms. The Balaban J connectivity index is 0.885. The van der Waals surface area contributed by atoms with Crippen LogP contribution in [0.4, 0.5) is 0 Å². The number of aromatic amines is 1. The van der Waals surface area contributed by atoms with Crippen LogP contribution in [0.25, 0.3) is 33.3 Å². The van der Waals surface area contributed by atoms with Gasteiger partial charge in [0.05, 0.1) is 30.5 Å². The van der Waals surface area contributed by atoms with Crippen molar-refractivity contribution in [3.05, 3.63) is 101 Å². The maximum absolute atomic E-state index is 14.7. The topological polar surface area (TPSA) is 249 Å². The number of piperidine rings is 1. The first-order valence-electron chi connectivity index (χ1n) is 31.3. The number of aromatic nitrogens is 2. The quantitative estimate of drug-likeness (QED) is 0.0386. The number of benzene rings is 2. The number of amides is 2. The van der Waals surface area contributed by atoms with Crippen LogP contribution in [0.15, 0.2) is 90.3 Å². The second kappa shape index (κ2) is 29.1. The summed E-state index contributed by atoms with van der Waals surface area (Å²) in [6, 6.07) is 17.2. The van der Waals surface area contributed by atoms with Crippen molar-refractivity contribution in [2.45, 2.75) is 173 Å². The average molecular weight is 1220 g/mol. The molecule has 2 aromatic heterocycles. The number of carbonyl (C=O) groups is 6. The standard InChI is InChI=1S/C68H88ClN5O13/c1-40-27-41(2)29-59(79)63-51(39-75)31-43(4)68(84,87-63)64(81)66(82)74-22-8-7-14-55(74)67(83)86-62(42(3)30-46-18-21-56(76)60(32-46)85-6)44(5)57(77)35-58(78)49(28-40)12-10-15-61(80)73-25-23-72(24-26-73)38-45-16-19-47(20-17-45)50-34-53-54(37-71-65(53)70-36-50)48-11-9-13-52(69)33-48/h9,11,13,16-17,19-20,28,30,33-34,36-37,39,41,43-44,46,49,51,55-57,59-60,62-63,76-77,79,84H,7-8,10,12,14-15,18,21-27,29,31-32,35,38H2,1-6H3,(H,70,71)/b40-28+,42-30+/t41-,43+,44+,46-,49+,51+,55-,56+,57-,59-,60+,62+,63-,68+/m0/s1. The van der Waals surface area contributed by atoms with Gasteiger partial charge in [0, 0.05) is 117 Å². The third-order valence-electron chi connectivity index (χ3n) is 19.1. The van der Waals surface area contributed by atoms with Gasteiger partial charge >= 0.3 is 5.97 Å². The average Bonchev–Trinajstić information content (AvgIpc) is 2.26. The van der Waals surface area contributed by atoms with Crippen LogP contribution in [0.1, 0.15) is 124 Å².